The number of nitrogens with one attached hydrogen (secondary N) is 1. The molecular formula is C12H16FNO. The molecule has 0 saturated heterocycles. The Morgan fingerprint density at radius 3 is 2.33 bits per heavy atom. The molecule has 1 N–H and O–H groups in total. The molecule has 15 heavy (non-hydrogen) atoms. The third kappa shape index (κ3) is 2.78. The van der Waals surface area contributed by atoms with Gasteiger partial charge in [-0.15, -0.1) is 0 Å². The lowest BCUT2D eigenvalue weighted by molar-refractivity contribution is -0.132. The number of rotatable bonds is 3. The van der Waals surface area contributed by atoms with Crippen molar-refractivity contribution < 1.29 is 9.18 Å². The minimum atomic E-state index is -1.97. The molecule has 1 unspecified atom stereocenters. The van der Waals surface area contributed by atoms with Crippen LogP contribution >= 0.6 is 0 Å². The van der Waals surface area contributed by atoms with Crippen LogP contribution in [0.25, 0.3) is 0 Å². The van der Waals surface area contributed by atoms with Crippen molar-refractivity contribution in [1.29, 1.82) is 0 Å². The number of hydrogen-bond acceptors (Lipinski definition) is 1. The second kappa shape index (κ2) is 4.43. The summed E-state index contributed by atoms with van der Waals surface area (Å²) >= 11 is 0. The monoisotopic (exact) mass is 209 g/mol. The minimum absolute atomic E-state index is 0.0590. The fourth-order valence-corrected chi connectivity index (χ4v) is 1.28. The summed E-state index contributed by atoms with van der Waals surface area (Å²) in [5.41, 5.74) is -1.59. The third-order valence-corrected chi connectivity index (χ3v) is 2.16. The van der Waals surface area contributed by atoms with E-state index in [9.17, 15) is 9.18 Å². The van der Waals surface area contributed by atoms with Crippen LogP contribution in [-0.4, -0.2) is 11.9 Å². The van der Waals surface area contributed by atoms with E-state index >= 15 is 0 Å². The molecule has 0 radical (unpaired) electrons. The maximum Gasteiger partial charge on any atom is 0.262 e. The summed E-state index contributed by atoms with van der Waals surface area (Å²) in [6, 6.07) is 8.39. The van der Waals surface area contributed by atoms with Crippen LogP contribution in [0, 0.1) is 0 Å². The van der Waals surface area contributed by atoms with Crippen LogP contribution in [0.5, 0.6) is 0 Å². The predicted molar refractivity (Wildman–Crippen MR) is 58.2 cm³/mol. The largest absolute Gasteiger partial charge is 0.351 e. The zero-order chi connectivity index (χ0) is 11.5. The van der Waals surface area contributed by atoms with Crippen molar-refractivity contribution in [2.75, 3.05) is 0 Å². The average Bonchev–Trinajstić information content (AvgIpc) is 2.18. The Hall–Kier alpha value is -1.38. The number of carbonyl (C=O) groups excluding carboxylic acids is 1. The van der Waals surface area contributed by atoms with Crippen molar-refractivity contribution >= 4 is 5.91 Å². The summed E-state index contributed by atoms with van der Waals surface area (Å²) in [6.45, 7) is 4.89. The van der Waals surface area contributed by atoms with Gasteiger partial charge in [0.15, 0.2) is 0 Å². The second-order valence-electron chi connectivity index (χ2n) is 4.00. The molecule has 1 rings (SSSR count). The number of hydrogen-bond donors (Lipinski definition) is 1. The first kappa shape index (κ1) is 11.7. The van der Waals surface area contributed by atoms with E-state index in [0.717, 1.165) is 0 Å². The highest BCUT2D eigenvalue weighted by Gasteiger charge is 2.34. The van der Waals surface area contributed by atoms with Crippen LogP contribution in [0.4, 0.5) is 4.39 Å². The van der Waals surface area contributed by atoms with Crippen molar-refractivity contribution in [3.63, 3.8) is 0 Å². The van der Waals surface area contributed by atoms with E-state index in [-0.39, 0.29) is 6.04 Å². The standard InChI is InChI=1S/C12H16FNO/c1-9(2)14-11(15)12(3,13)10-7-5-4-6-8-10/h4-9H,1-3H3,(H,14,15). The molecule has 3 heteroatoms. The highest BCUT2D eigenvalue weighted by atomic mass is 19.1. The lowest BCUT2D eigenvalue weighted by atomic mass is 9.97. The van der Waals surface area contributed by atoms with Crippen molar-refractivity contribution in [3.8, 4) is 0 Å². The van der Waals surface area contributed by atoms with Gasteiger partial charge in [-0.1, -0.05) is 30.3 Å². The average molecular weight is 209 g/mol. The maximum absolute atomic E-state index is 14.2. The molecule has 0 aromatic heterocycles. The van der Waals surface area contributed by atoms with Gasteiger partial charge >= 0.3 is 0 Å². The molecule has 2 nitrogen and oxygen atoms in total. The maximum atomic E-state index is 14.2. The fraction of sp³-hybridized carbons (Fsp3) is 0.417. The van der Waals surface area contributed by atoms with Crippen molar-refractivity contribution in [2.45, 2.75) is 32.5 Å². The number of carbonyl (C=O) groups is 1. The number of halogens is 1. The van der Waals surface area contributed by atoms with Crippen LogP contribution in [0.2, 0.25) is 0 Å². The summed E-state index contributed by atoms with van der Waals surface area (Å²) in [5, 5.41) is 2.57. The molecule has 0 spiro atoms. The highest BCUT2D eigenvalue weighted by molar-refractivity contribution is 5.86. The zero-order valence-corrected chi connectivity index (χ0v) is 9.25. The smallest absolute Gasteiger partial charge is 0.262 e. The van der Waals surface area contributed by atoms with Crippen LogP contribution < -0.4 is 5.32 Å². The van der Waals surface area contributed by atoms with Crippen LogP contribution in [-0.2, 0) is 10.5 Å². The van der Waals surface area contributed by atoms with E-state index in [0.29, 0.717) is 5.56 Å². The predicted octanol–water partition coefficient (Wildman–Crippen LogP) is 2.40. The number of alkyl halides is 1. The first-order valence-corrected chi connectivity index (χ1v) is 5.00. The quantitative estimate of drug-likeness (QED) is 0.813. The molecule has 0 aliphatic carbocycles. The minimum Gasteiger partial charge on any atom is -0.351 e. The lowest BCUT2D eigenvalue weighted by Gasteiger charge is -2.21. The summed E-state index contributed by atoms with van der Waals surface area (Å²) in [4.78, 5) is 11.6. The van der Waals surface area contributed by atoms with Crippen molar-refractivity contribution in [2.24, 2.45) is 0 Å². The molecule has 0 aliphatic heterocycles. The third-order valence-electron chi connectivity index (χ3n) is 2.16. The molecule has 82 valence electrons. The van der Waals surface area contributed by atoms with Gasteiger partial charge in [-0.05, 0) is 26.3 Å². The van der Waals surface area contributed by atoms with Gasteiger partial charge in [0.05, 0.1) is 0 Å². The van der Waals surface area contributed by atoms with E-state index in [1.165, 1.54) is 6.92 Å². The molecule has 1 aromatic carbocycles. The molecule has 1 amide bonds. The van der Waals surface area contributed by atoms with Gasteiger partial charge in [0.2, 0.25) is 5.67 Å². The second-order valence-corrected chi connectivity index (χ2v) is 4.00. The first-order valence-electron chi connectivity index (χ1n) is 5.00. The lowest BCUT2D eigenvalue weighted by Crippen LogP contribution is -2.42. The van der Waals surface area contributed by atoms with Gasteiger partial charge in [-0.3, -0.25) is 4.79 Å². The Morgan fingerprint density at radius 2 is 1.87 bits per heavy atom. The van der Waals surface area contributed by atoms with E-state index in [4.69, 9.17) is 0 Å². The summed E-state index contributed by atoms with van der Waals surface area (Å²) in [6.07, 6.45) is 0. The van der Waals surface area contributed by atoms with E-state index in [1.807, 2.05) is 0 Å². The van der Waals surface area contributed by atoms with E-state index < -0.39 is 11.6 Å². The fourth-order valence-electron chi connectivity index (χ4n) is 1.28. The van der Waals surface area contributed by atoms with Crippen LogP contribution in [0.3, 0.4) is 0 Å². The van der Waals surface area contributed by atoms with Gasteiger partial charge < -0.3 is 5.32 Å². The molecule has 0 heterocycles. The van der Waals surface area contributed by atoms with Gasteiger partial charge in [0.25, 0.3) is 5.91 Å². The van der Waals surface area contributed by atoms with Gasteiger partial charge in [-0.25, -0.2) is 4.39 Å². The topological polar surface area (TPSA) is 29.1 Å². The Bertz CT molecular complexity index is 333. The SMILES string of the molecule is CC(C)NC(=O)C(C)(F)c1ccccc1. The molecule has 1 atom stereocenters. The molecule has 1 aromatic rings. The Balaban J connectivity index is 2.88. The van der Waals surface area contributed by atoms with Gasteiger partial charge in [-0.2, -0.15) is 0 Å². The Labute approximate surface area is 89.5 Å². The van der Waals surface area contributed by atoms with Gasteiger partial charge in [0, 0.05) is 6.04 Å². The zero-order valence-electron chi connectivity index (χ0n) is 9.25. The summed E-state index contributed by atoms with van der Waals surface area (Å²) < 4.78 is 14.2. The van der Waals surface area contributed by atoms with Gasteiger partial charge in [0.1, 0.15) is 0 Å². The molecule has 0 fully saturated rings. The summed E-state index contributed by atoms with van der Waals surface area (Å²) in [7, 11) is 0. The van der Waals surface area contributed by atoms with Crippen LogP contribution in [0.15, 0.2) is 30.3 Å². The normalized spacial score (nSPS) is 14.7. The molecule has 0 saturated carbocycles. The first-order chi connectivity index (χ1) is 6.94. The Morgan fingerprint density at radius 1 is 1.33 bits per heavy atom. The molecular weight excluding hydrogens is 193 g/mol. The molecule has 0 bridgehead atoms. The van der Waals surface area contributed by atoms with Crippen molar-refractivity contribution in [1.82, 2.24) is 5.32 Å². The summed E-state index contributed by atoms with van der Waals surface area (Å²) in [5.74, 6) is -0.594. The van der Waals surface area contributed by atoms with E-state index in [1.54, 1.807) is 44.2 Å². The van der Waals surface area contributed by atoms with E-state index in [2.05, 4.69) is 5.32 Å². The molecule has 0 aliphatic rings. The Kier molecular flexibility index (Phi) is 3.45. The number of benzene rings is 1. The van der Waals surface area contributed by atoms with Crippen LogP contribution in [0.1, 0.15) is 26.3 Å². The van der Waals surface area contributed by atoms with Crippen molar-refractivity contribution in [3.05, 3.63) is 35.9 Å². The number of amides is 1. The highest BCUT2D eigenvalue weighted by Crippen LogP contribution is 2.25.